The van der Waals surface area contributed by atoms with Crippen molar-refractivity contribution in [3.8, 4) is 0 Å². The van der Waals surface area contributed by atoms with E-state index in [2.05, 4.69) is 25.0 Å². The van der Waals surface area contributed by atoms with E-state index in [0.29, 0.717) is 16.9 Å². The molecule has 4 rings (SSSR count). The molecule has 186 valence electrons. The van der Waals surface area contributed by atoms with Crippen LogP contribution in [0.25, 0.3) is 11.0 Å². The molecule has 0 fully saturated rings. The summed E-state index contributed by atoms with van der Waals surface area (Å²) in [5.41, 5.74) is 5.87. The first kappa shape index (κ1) is 24.7. The van der Waals surface area contributed by atoms with E-state index in [-0.39, 0.29) is 34.6 Å². The second-order valence-corrected chi connectivity index (χ2v) is 9.64. The minimum atomic E-state index is -3.89. The summed E-state index contributed by atoms with van der Waals surface area (Å²) in [7, 11) is -3.89. The van der Waals surface area contributed by atoms with Crippen molar-refractivity contribution < 1.29 is 22.0 Å². The number of ketones is 1. The van der Waals surface area contributed by atoms with Crippen molar-refractivity contribution in [3.05, 3.63) is 71.2 Å². The number of anilines is 4. The SMILES string of the molecule is CCCS(=O)(=O)Nc1ccc(F)c(C(=O)c2c[nH]c3ncnc(Nc4ccc(C=N)c(N)c4)c23)c1F. The number of hydrogen-bond acceptors (Lipinski definition) is 8. The molecule has 13 heteroatoms. The van der Waals surface area contributed by atoms with Crippen LogP contribution in [0, 0.1) is 17.0 Å². The summed E-state index contributed by atoms with van der Waals surface area (Å²) < 4.78 is 56.2. The van der Waals surface area contributed by atoms with Gasteiger partial charge in [-0.3, -0.25) is 9.52 Å². The zero-order valence-corrected chi connectivity index (χ0v) is 19.7. The topological polar surface area (TPSA) is 167 Å². The molecule has 2 aromatic heterocycles. The van der Waals surface area contributed by atoms with Crippen LogP contribution in [0.15, 0.2) is 42.9 Å². The molecular formula is C23H21F2N7O3S. The molecule has 0 aliphatic carbocycles. The van der Waals surface area contributed by atoms with Gasteiger partial charge in [0.2, 0.25) is 15.8 Å². The van der Waals surface area contributed by atoms with Gasteiger partial charge in [-0.2, -0.15) is 0 Å². The second kappa shape index (κ2) is 9.70. The summed E-state index contributed by atoms with van der Waals surface area (Å²) in [6.07, 6.45) is 3.86. The molecular weight excluding hydrogens is 492 g/mol. The van der Waals surface area contributed by atoms with E-state index in [1.165, 1.54) is 12.5 Å². The molecule has 0 aliphatic heterocycles. The van der Waals surface area contributed by atoms with Crippen molar-refractivity contribution in [2.24, 2.45) is 0 Å². The molecule has 10 nitrogen and oxygen atoms in total. The third-order valence-corrected chi connectivity index (χ3v) is 6.75. The van der Waals surface area contributed by atoms with Crippen molar-refractivity contribution in [3.63, 3.8) is 0 Å². The minimum absolute atomic E-state index is 0.136. The molecule has 2 heterocycles. The first-order valence-electron chi connectivity index (χ1n) is 10.7. The molecule has 0 spiro atoms. The number of halogens is 2. The van der Waals surface area contributed by atoms with Gasteiger partial charge < -0.3 is 21.4 Å². The fourth-order valence-corrected chi connectivity index (χ4v) is 4.75. The van der Waals surface area contributed by atoms with Gasteiger partial charge in [-0.1, -0.05) is 6.92 Å². The van der Waals surface area contributed by atoms with Gasteiger partial charge in [0.1, 0.15) is 23.6 Å². The maximum absolute atomic E-state index is 15.2. The zero-order chi connectivity index (χ0) is 26.0. The van der Waals surface area contributed by atoms with Crippen molar-refractivity contribution >= 4 is 55.9 Å². The Morgan fingerprint density at radius 2 is 2.00 bits per heavy atom. The Hall–Kier alpha value is -4.39. The molecule has 0 radical (unpaired) electrons. The van der Waals surface area contributed by atoms with E-state index in [0.717, 1.165) is 18.3 Å². The standard InChI is InChI=1S/C23H21F2N7O3S/c1-2-7-36(34,35)32-17-6-5-15(24)19(20(17)25)21(33)14-10-28-22-18(14)23(30-11-29-22)31-13-4-3-12(9-26)16(27)8-13/h3-6,8-11,26,32H,2,7,27H2,1H3,(H2,28,29,30,31). The molecule has 0 saturated heterocycles. The number of fused-ring (bicyclic) bond motifs is 1. The zero-order valence-electron chi connectivity index (χ0n) is 18.9. The molecule has 0 unspecified atom stereocenters. The number of aromatic amines is 1. The van der Waals surface area contributed by atoms with Gasteiger partial charge in [0.05, 0.1) is 28.0 Å². The van der Waals surface area contributed by atoms with Gasteiger partial charge in [0.25, 0.3) is 0 Å². The quantitative estimate of drug-likeness (QED) is 0.128. The molecule has 4 aromatic rings. The van der Waals surface area contributed by atoms with Gasteiger partial charge in [-0.05, 0) is 36.8 Å². The Bertz CT molecular complexity index is 1600. The normalized spacial score (nSPS) is 11.4. The van der Waals surface area contributed by atoms with Crippen LogP contribution in [0.1, 0.15) is 34.8 Å². The number of hydrogen-bond donors (Lipinski definition) is 5. The van der Waals surface area contributed by atoms with Gasteiger partial charge in [0.15, 0.2) is 5.82 Å². The lowest BCUT2D eigenvalue weighted by molar-refractivity contribution is 0.103. The van der Waals surface area contributed by atoms with Crippen molar-refractivity contribution in [2.45, 2.75) is 13.3 Å². The highest BCUT2D eigenvalue weighted by Crippen LogP contribution is 2.31. The highest BCUT2D eigenvalue weighted by Gasteiger charge is 2.27. The van der Waals surface area contributed by atoms with E-state index >= 15 is 4.39 Å². The summed E-state index contributed by atoms with van der Waals surface area (Å²) in [6, 6.07) is 6.56. The number of benzene rings is 2. The van der Waals surface area contributed by atoms with Crippen molar-refractivity contribution in [1.29, 1.82) is 5.41 Å². The third kappa shape index (κ3) is 4.73. The maximum Gasteiger partial charge on any atom is 0.232 e. The fourth-order valence-electron chi connectivity index (χ4n) is 3.62. The van der Waals surface area contributed by atoms with Crippen LogP contribution in [-0.4, -0.2) is 41.1 Å². The molecule has 0 bridgehead atoms. The Kier molecular flexibility index (Phi) is 6.66. The number of sulfonamides is 1. The van der Waals surface area contributed by atoms with E-state index < -0.39 is 38.7 Å². The number of nitrogen functional groups attached to an aromatic ring is 1. The van der Waals surface area contributed by atoms with Crippen molar-refractivity contribution in [2.75, 3.05) is 21.5 Å². The van der Waals surface area contributed by atoms with Crippen LogP contribution < -0.4 is 15.8 Å². The molecule has 0 atom stereocenters. The Balaban J connectivity index is 1.78. The van der Waals surface area contributed by atoms with E-state index in [1.54, 1.807) is 25.1 Å². The number of carbonyl (C=O) groups excluding carboxylic acids is 1. The number of nitrogens with two attached hydrogens (primary N) is 1. The minimum Gasteiger partial charge on any atom is -0.398 e. The molecule has 0 amide bonds. The predicted octanol–water partition coefficient (Wildman–Crippen LogP) is 3.94. The number of H-pyrrole nitrogens is 1. The van der Waals surface area contributed by atoms with Crippen LogP contribution in [0.5, 0.6) is 0 Å². The highest BCUT2D eigenvalue weighted by atomic mass is 32.2. The number of nitrogens with zero attached hydrogens (tertiary/aromatic N) is 2. The number of carbonyl (C=O) groups is 1. The maximum atomic E-state index is 15.2. The Morgan fingerprint density at radius 1 is 1.22 bits per heavy atom. The van der Waals surface area contributed by atoms with Crippen LogP contribution in [0.3, 0.4) is 0 Å². The third-order valence-electron chi connectivity index (χ3n) is 5.28. The van der Waals surface area contributed by atoms with Gasteiger partial charge in [-0.15, -0.1) is 0 Å². The second-order valence-electron chi connectivity index (χ2n) is 7.80. The van der Waals surface area contributed by atoms with Crippen LogP contribution in [0.2, 0.25) is 0 Å². The van der Waals surface area contributed by atoms with Gasteiger partial charge >= 0.3 is 0 Å². The first-order valence-corrected chi connectivity index (χ1v) is 12.3. The van der Waals surface area contributed by atoms with Crippen molar-refractivity contribution in [1.82, 2.24) is 15.0 Å². The number of rotatable bonds is 9. The molecule has 36 heavy (non-hydrogen) atoms. The average Bonchev–Trinajstić information content (AvgIpc) is 3.26. The summed E-state index contributed by atoms with van der Waals surface area (Å²) in [6.45, 7) is 1.64. The van der Waals surface area contributed by atoms with Crippen LogP contribution in [0.4, 0.5) is 31.7 Å². The lowest BCUT2D eigenvalue weighted by atomic mass is 10.0. The smallest absolute Gasteiger partial charge is 0.232 e. The summed E-state index contributed by atoms with van der Waals surface area (Å²) >= 11 is 0. The lowest BCUT2D eigenvalue weighted by Crippen LogP contribution is -2.18. The average molecular weight is 514 g/mol. The Labute approximate surface area is 204 Å². The first-order chi connectivity index (χ1) is 17.1. The largest absolute Gasteiger partial charge is 0.398 e. The Morgan fingerprint density at radius 3 is 2.69 bits per heavy atom. The fraction of sp³-hybridized carbons (Fsp3) is 0.130. The summed E-state index contributed by atoms with van der Waals surface area (Å²) in [5.74, 6) is -3.65. The van der Waals surface area contributed by atoms with Crippen LogP contribution in [-0.2, 0) is 10.0 Å². The van der Waals surface area contributed by atoms with Gasteiger partial charge in [-0.25, -0.2) is 27.2 Å². The highest BCUT2D eigenvalue weighted by molar-refractivity contribution is 7.92. The summed E-state index contributed by atoms with van der Waals surface area (Å²) in [5, 5.41) is 10.5. The molecule has 0 aliphatic rings. The van der Waals surface area contributed by atoms with Gasteiger partial charge in [0, 0.05) is 29.3 Å². The molecule has 6 N–H and O–H groups in total. The molecule has 2 aromatic carbocycles. The molecule has 0 saturated carbocycles. The number of nitrogens with one attached hydrogen (secondary N) is 4. The van der Waals surface area contributed by atoms with E-state index in [4.69, 9.17) is 11.1 Å². The van der Waals surface area contributed by atoms with E-state index in [1.807, 2.05) is 0 Å². The summed E-state index contributed by atoms with van der Waals surface area (Å²) in [4.78, 5) is 24.3. The lowest BCUT2D eigenvalue weighted by Gasteiger charge is -2.12. The monoisotopic (exact) mass is 513 g/mol. The van der Waals surface area contributed by atoms with Crippen LogP contribution >= 0.6 is 0 Å². The predicted molar refractivity (Wildman–Crippen MR) is 133 cm³/mol. The van der Waals surface area contributed by atoms with E-state index in [9.17, 15) is 17.6 Å². The number of aromatic nitrogens is 3.